The molecule has 0 unspecified atom stereocenters. The Morgan fingerprint density at radius 3 is 2.48 bits per heavy atom. The number of aliphatic imine (C=N–C) groups is 1. The fourth-order valence-electron chi connectivity index (χ4n) is 1.68. The highest BCUT2D eigenvalue weighted by Gasteiger charge is 2.07. The summed E-state index contributed by atoms with van der Waals surface area (Å²) in [7, 11) is 1.53. The molecule has 2 aromatic rings. The predicted octanol–water partition coefficient (Wildman–Crippen LogP) is 4.13. The van der Waals surface area contributed by atoms with Crippen molar-refractivity contribution in [3.8, 4) is 11.5 Å². The summed E-state index contributed by atoms with van der Waals surface area (Å²) in [4.78, 5) is 15.4. The highest BCUT2D eigenvalue weighted by Crippen LogP contribution is 2.28. The van der Waals surface area contributed by atoms with Gasteiger partial charge in [0.2, 0.25) is 0 Å². The number of hydrogen-bond acceptors (Lipinski definition) is 4. The first-order valence-corrected chi connectivity index (χ1v) is 7.04. The topological polar surface area (TPSA) is 47.9 Å². The Morgan fingerprint density at radius 2 is 1.86 bits per heavy atom. The number of halogens is 1. The van der Waals surface area contributed by atoms with Crippen LogP contribution < -0.4 is 9.47 Å². The van der Waals surface area contributed by atoms with Crippen molar-refractivity contribution in [1.82, 2.24) is 0 Å². The van der Waals surface area contributed by atoms with Crippen LogP contribution in [0.2, 0.25) is 0 Å². The summed E-state index contributed by atoms with van der Waals surface area (Å²) in [6.45, 7) is 1.35. The molecule has 5 heteroatoms. The predicted molar refractivity (Wildman–Crippen MR) is 85.7 cm³/mol. The second-order valence-electron chi connectivity index (χ2n) is 4.24. The highest BCUT2D eigenvalue weighted by atomic mass is 79.9. The van der Waals surface area contributed by atoms with Gasteiger partial charge in [-0.1, -0.05) is 15.9 Å². The number of rotatable bonds is 4. The highest BCUT2D eigenvalue weighted by molar-refractivity contribution is 9.10. The zero-order valence-electron chi connectivity index (χ0n) is 11.7. The molecule has 0 saturated carbocycles. The molecule has 21 heavy (non-hydrogen) atoms. The maximum atomic E-state index is 11.0. The fraction of sp³-hybridized carbons (Fsp3) is 0.125. The molecular formula is C16H14BrNO3. The molecule has 2 rings (SSSR count). The van der Waals surface area contributed by atoms with Crippen molar-refractivity contribution in [3.05, 3.63) is 52.5 Å². The van der Waals surface area contributed by atoms with Gasteiger partial charge in [-0.05, 0) is 48.0 Å². The summed E-state index contributed by atoms with van der Waals surface area (Å²) >= 11 is 3.38. The lowest BCUT2D eigenvalue weighted by Gasteiger charge is -2.08. The number of esters is 1. The Hall–Kier alpha value is -2.14. The van der Waals surface area contributed by atoms with Crippen LogP contribution in [0.4, 0.5) is 5.69 Å². The van der Waals surface area contributed by atoms with E-state index in [2.05, 4.69) is 20.9 Å². The Kier molecular flexibility index (Phi) is 5.11. The molecule has 0 amide bonds. The largest absolute Gasteiger partial charge is 0.493 e. The van der Waals surface area contributed by atoms with Gasteiger partial charge in [0, 0.05) is 17.6 Å². The maximum Gasteiger partial charge on any atom is 0.308 e. The van der Waals surface area contributed by atoms with Gasteiger partial charge in [0.1, 0.15) is 0 Å². The van der Waals surface area contributed by atoms with Crippen molar-refractivity contribution in [2.45, 2.75) is 6.92 Å². The van der Waals surface area contributed by atoms with Crippen molar-refractivity contribution in [1.29, 1.82) is 0 Å². The molecule has 0 aliphatic carbocycles. The van der Waals surface area contributed by atoms with Gasteiger partial charge in [-0.25, -0.2) is 0 Å². The summed E-state index contributed by atoms with van der Waals surface area (Å²) in [5, 5.41) is 0. The first-order chi connectivity index (χ1) is 10.1. The van der Waals surface area contributed by atoms with Crippen LogP contribution in [0.3, 0.4) is 0 Å². The monoisotopic (exact) mass is 347 g/mol. The van der Waals surface area contributed by atoms with Gasteiger partial charge in [-0.2, -0.15) is 0 Å². The van der Waals surface area contributed by atoms with Crippen molar-refractivity contribution in [3.63, 3.8) is 0 Å². The quantitative estimate of drug-likeness (QED) is 0.474. The maximum absolute atomic E-state index is 11.0. The van der Waals surface area contributed by atoms with Crippen molar-refractivity contribution >= 4 is 33.8 Å². The van der Waals surface area contributed by atoms with E-state index in [1.165, 1.54) is 14.0 Å². The molecule has 0 N–H and O–H groups in total. The average molecular weight is 348 g/mol. The lowest BCUT2D eigenvalue weighted by atomic mass is 10.2. The molecule has 2 aromatic carbocycles. The SMILES string of the molecule is COc1cc(C=Nc2ccc(Br)cc2)ccc1OC(C)=O. The first kappa shape index (κ1) is 15.3. The number of carbonyl (C=O) groups is 1. The summed E-state index contributed by atoms with van der Waals surface area (Å²) in [6.07, 6.45) is 1.73. The minimum absolute atomic E-state index is 0.385. The van der Waals surface area contributed by atoms with Crippen LogP contribution in [-0.4, -0.2) is 19.3 Å². The fourth-order valence-corrected chi connectivity index (χ4v) is 1.94. The summed E-state index contributed by atoms with van der Waals surface area (Å²) in [5.41, 5.74) is 1.70. The molecule has 0 atom stereocenters. The zero-order chi connectivity index (χ0) is 15.2. The molecule has 0 bridgehead atoms. The van der Waals surface area contributed by atoms with Gasteiger partial charge in [0.25, 0.3) is 0 Å². The second kappa shape index (κ2) is 7.04. The van der Waals surface area contributed by atoms with E-state index >= 15 is 0 Å². The van der Waals surface area contributed by atoms with Gasteiger partial charge in [-0.3, -0.25) is 9.79 Å². The van der Waals surface area contributed by atoms with Crippen molar-refractivity contribution in [2.24, 2.45) is 4.99 Å². The molecule has 4 nitrogen and oxygen atoms in total. The molecule has 0 radical (unpaired) electrons. The number of hydrogen-bond donors (Lipinski definition) is 0. The number of benzene rings is 2. The van der Waals surface area contributed by atoms with E-state index in [9.17, 15) is 4.79 Å². The molecule has 108 valence electrons. The lowest BCUT2D eigenvalue weighted by Crippen LogP contribution is -2.03. The standard InChI is InChI=1S/C16H14BrNO3/c1-11(19)21-15-8-3-12(9-16(15)20-2)10-18-14-6-4-13(17)5-7-14/h3-10H,1-2H3. The molecule has 0 aromatic heterocycles. The lowest BCUT2D eigenvalue weighted by molar-refractivity contribution is -0.132. The third-order valence-corrected chi connectivity index (χ3v) is 3.16. The average Bonchev–Trinajstić information content (AvgIpc) is 2.47. The van der Waals surface area contributed by atoms with E-state index in [4.69, 9.17) is 9.47 Å². The molecular weight excluding hydrogens is 334 g/mol. The van der Waals surface area contributed by atoms with E-state index < -0.39 is 0 Å². The Bertz CT molecular complexity index is 666. The van der Waals surface area contributed by atoms with Gasteiger partial charge in [0.05, 0.1) is 12.8 Å². The molecule has 0 saturated heterocycles. The van der Waals surface area contributed by atoms with Crippen molar-refractivity contribution < 1.29 is 14.3 Å². The molecule has 0 aliphatic rings. The van der Waals surface area contributed by atoms with Gasteiger partial charge < -0.3 is 9.47 Å². The van der Waals surface area contributed by atoms with Crippen LogP contribution in [0.5, 0.6) is 11.5 Å². The van der Waals surface area contributed by atoms with E-state index in [0.29, 0.717) is 11.5 Å². The second-order valence-corrected chi connectivity index (χ2v) is 5.15. The molecule has 0 aliphatic heterocycles. The van der Waals surface area contributed by atoms with Gasteiger partial charge in [0.15, 0.2) is 11.5 Å². The Balaban J connectivity index is 2.20. The molecule has 0 heterocycles. The Morgan fingerprint density at radius 1 is 1.14 bits per heavy atom. The van der Waals surface area contributed by atoms with Gasteiger partial charge >= 0.3 is 5.97 Å². The normalized spacial score (nSPS) is 10.6. The molecule has 0 fully saturated rings. The third kappa shape index (κ3) is 4.43. The van der Waals surface area contributed by atoms with E-state index in [1.54, 1.807) is 18.3 Å². The number of nitrogens with zero attached hydrogens (tertiary/aromatic N) is 1. The Labute approximate surface area is 131 Å². The van der Waals surface area contributed by atoms with E-state index in [0.717, 1.165) is 15.7 Å². The third-order valence-electron chi connectivity index (χ3n) is 2.63. The van der Waals surface area contributed by atoms with Gasteiger partial charge in [-0.15, -0.1) is 0 Å². The van der Waals surface area contributed by atoms with Crippen LogP contribution in [0.1, 0.15) is 12.5 Å². The molecule has 0 spiro atoms. The minimum Gasteiger partial charge on any atom is -0.493 e. The van der Waals surface area contributed by atoms with Crippen LogP contribution in [0, 0.1) is 0 Å². The van der Waals surface area contributed by atoms with Crippen LogP contribution in [-0.2, 0) is 4.79 Å². The van der Waals surface area contributed by atoms with E-state index in [-0.39, 0.29) is 5.97 Å². The summed E-state index contributed by atoms with van der Waals surface area (Å²) in [6, 6.07) is 12.9. The number of methoxy groups -OCH3 is 1. The zero-order valence-corrected chi connectivity index (χ0v) is 13.3. The van der Waals surface area contributed by atoms with E-state index in [1.807, 2.05) is 30.3 Å². The summed E-state index contributed by atoms with van der Waals surface area (Å²) in [5.74, 6) is 0.500. The van der Waals surface area contributed by atoms with Crippen LogP contribution in [0.15, 0.2) is 51.9 Å². The summed E-state index contributed by atoms with van der Waals surface area (Å²) < 4.78 is 11.3. The van der Waals surface area contributed by atoms with Crippen molar-refractivity contribution in [2.75, 3.05) is 7.11 Å². The number of ether oxygens (including phenoxy) is 2. The minimum atomic E-state index is -0.385. The number of carbonyl (C=O) groups excluding carboxylic acids is 1. The van der Waals surface area contributed by atoms with Crippen LogP contribution in [0.25, 0.3) is 0 Å². The van der Waals surface area contributed by atoms with Crippen LogP contribution >= 0.6 is 15.9 Å². The first-order valence-electron chi connectivity index (χ1n) is 6.24. The smallest absolute Gasteiger partial charge is 0.308 e.